The van der Waals surface area contributed by atoms with Crippen LogP contribution < -0.4 is 5.73 Å². The lowest BCUT2D eigenvalue weighted by Gasteiger charge is -2.54. The summed E-state index contributed by atoms with van der Waals surface area (Å²) in [5.74, 6) is 6.00. The molecule has 3 nitrogen and oxygen atoms in total. The fraction of sp³-hybridized carbons (Fsp3) is 0.800. The fourth-order valence-corrected chi connectivity index (χ4v) is 5.29. The lowest BCUT2D eigenvalue weighted by molar-refractivity contribution is -0.00672. The van der Waals surface area contributed by atoms with Crippen LogP contribution in [0.3, 0.4) is 0 Å². The highest BCUT2D eigenvalue weighted by molar-refractivity contribution is 5.12. The van der Waals surface area contributed by atoms with Crippen molar-refractivity contribution >= 4 is 0 Å². The highest BCUT2D eigenvalue weighted by Gasteiger charge is 2.49. The Morgan fingerprint density at radius 1 is 1.11 bits per heavy atom. The summed E-state index contributed by atoms with van der Waals surface area (Å²) in [4.78, 5) is 4.69. The SMILES string of the molecule is NCCn1ccnc1C1C2CC3CC(C2)CC1C3. The zero-order valence-corrected chi connectivity index (χ0v) is 11.0. The summed E-state index contributed by atoms with van der Waals surface area (Å²) < 4.78 is 2.31. The van der Waals surface area contributed by atoms with Crippen molar-refractivity contribution in [3.63, 3.8) is 0 Å². The van der Waals surface area contributed by atoms with Crippen molar-refractivity contribution in [2.24, 2.45) is 29.4 Å². The third-order valence-electron chi connectivity index (χ3n) is 5.64. The molecule has 4 bridgehead atoms. The molecule has 4 saturated carbocycles. The lowest BCUT2D eigenvalue weighted by Crippen LogP contribution is -2.44. The third-order valence-corrected chi connectivity index (χ3v) is 5.64. The van der Waals surface area contributed by atoms with Crippen molar-refractivity contribution < 1.29 is 0 Å². The molecule has 5 rings (SSSR count). The normalized spacial score (nSPS) is 41.5. The van der Waals surface area contributed by atoms with Gasteiger partial charge in [0.05, 0.1) is 0 Å². The minimum atomic E-state index is 0.719. The Labute approximate surface area is 109 Å². The first-order valence-electron chi connectivity index (χ1n) is 7.56. The summed E-state index contributed by atoms with van der Waals surface area (Å²) in [6.45, 7) is 1.65. The first kappa shape index (κ1) is 11.0. The van der Waals surface area contributed by atoms with Crippen molar-refractivity contribution in [1.82, 2.24) is 9.55 Å². The van der Waals surface area contributed by atoms with Crippen LogP contribution in [0.2, 0.25) is 0 Å². The van der Waals surface area contributed by atoms with Crippen LogP contribution in [-0.2, 0) is 6.54 Å². The van der Waals surface area contributed by atoms with Gasteiger partial charge in [-0.3, -0.25) is 0 Å². The standard InChI is InChI=1S/C15H23N3/c16-1-3-18-4-2-17-15(18)14-12-6-10-5-11(8-12)9-13(14)7-10/h2,4,10-14H,1,3,5-9,16H2. The maximum atomic E-state index is 5.71. The van der Waals surface area contributed by atoms with E-state index in [0.29, 0.717) is 0 Å². The van der Waals surface area contributed by atoms with Crippen LogP contribution in [-0.4, -0.2) is 16.1 Å². The molecular weight excluding hydrogens is 222 g/mol. The van der Waals surface area contributed by atoms with Crippen molar-refractivity contribution in [3.8, 4) is 0 Å². The Hall–Kier alpha value is -0.830. The summed E-state index contributed by atoms with van der Waals surface area (Å²) in [5.41, 5.74) is 5.71. The minimum Gasteiger partial charge on any atom is -0.333 e. The molecule has 1 heterocycles. The molecule has 18 heavy (non-hydrogen) atoms. The molecule has 0 aromatic carbocycles. The fourth-order valence-electron chi connectivity index (χ4n) is 5.29. The van der Waals surface area contributed by atoms with Gasteiger partial charge >= 0.3 is 0 Å². The number of nitrogens with two attached hydrogens (primary N) is 1. The van der Waals surface area contributed by atoms with Gasteiger partial charge in [0.1, 0.15) is 5.82 Å². The summed E-state index contributed by atoms with van der Waals surface area (Å²) in [6, 6.07) is 0. The molecule has 0 radical (unpaired) electrons. The van der Waals surface area contributed by atoms with E-state index in [1.165, 1.54) is 37.9 Å². The largest absolute Gasteiger partial charge is 0.333 e. The third kappa shape index (κ3) is 1.56. The molecule has 0 amide bonds. The summed E-state index contributed by atoms with van der Waals surface area (Å²) in [5, 5.41) is 0. The maximum absolute atomic E-state index is 5.71. The van der Waals surface area contributed by atoms with Crippen LogP contribution in [0, 0.1) is 23.7 Å². The molecule has 0 saturated heterocycles. The van der Waals surface area contributed by atoms with Crippen molar-refractivity contribution in [3.05, 3.63) is 18.2 Å². The van der Waals surface area contributed by atoms with Gasteiger partial charge in [-0.1, -0.05) is 0 Å². The predicted molar refractivity (Wildman–Crippen MR) is 71.1 cm³/mol. The van der Waals surface area contributed by atoms with Crippen molar-refractivity contribution in [2.75, 3.05) is 6.54 Å². The van der Waals surface area contributed by atoms with E-state index in [1.54, 1.807) is 0 Å². The first-order valence-corrected chi connectivity index (χ1v) is 7.56. The van der Waals surface area contributed by atoms with E-state index >= 15 is 0 Å². The molecule has 2 N–H and O–H groups in total. The number of rotatable bonds is 3. The van der Waals surface area contributed by atoms with Gasteiger partial charge in [-0.25, -0.2) is 4.98 Å². The van der Waals surface area contributed by atoms with E-state index in [4.69, 9.17) is 5.73 Å². The molecule has 4 aliphatic carbocycles. The average molecular weight is 245 g/mol. The second kappa shape index (κ2) is 4.09. The van der Waals surface area contributed by atoms with Gasteiger partial charge in [0.2, 0.25) is 0 Å². The summed E-state index contributed by atoms with van der Waals surface area (Å²) >= 11 is 0. The second-order valence-electron chi connectivity index (χ2n) is 6.72. The zero-order chi connectivity index (χ0) is 12.1. The summed E-state index contributed by atoms with van der Waals surface area (Å²) in [6.07, 6.45) is 11.5. The van der Waals surface area contributed by atoms with Crippen LogP contribution in [0.25, 0.3) is 0 Å². The van der Waals surface area contributed by atoms with Gasteiger partial charge in [0, 0.05) is 31.4 Å². The molecule has 1 aromatic heterocycles. The van der Waals surface area contributed by atoms with Gasteiger partial charge in [-0.05, 0) is 55.8 Å². The van der Waals surface area contributed by atoms with Gasteiger partial charge in [-0.2, -0.15) is 0 Å². The zero-order valence-electron chi connectivity index (χ0n) is 11.0. The van der Waals surface area contributed by atoms with E-state index in [0.717, 1.165) is 42.7 Å². The molecule has 4 aliphatic rings. The molecular formula is C15H23N3. The Balaban J connectivity index is 1.66. The van der Waals surface area contributed by atoms with Crippen molar-refractivity contribution in [1.29, 1.82) is 0 Å². The minimum absolute atomic E-state index is 0.719. The van der Waals surface area contributed by atoms with Crippen molar-refractivity contribution in [2.45, 2.75) is 44.6 Å². The average Bonchev–Trinajstić information content (AvgIpc) is 2.76. The molecule has 0 spiro atoms. The molecule has 3 heteroatoms. The van der Waals surface area contributed by atoms with Gasteiger partial charge in [-0.15, -0.1) is 0 Å². The highest BCUT2D eigenvalue weighted by Crippen LogP contribution is 2.59. The van der Waals surface area contributed by atoms with E-state index in [1.807, 2.05) is 6.20 Å². The van der Waals surface area contributed by atoms with E-state index in [-0.39, 0.29) is 0 Å². The molecule has 0 aliphatic heterocycles. The number of hydrogen-bond acceptors (Lipinski definition) is 2. The smallest absolute Gasteiger partial charge is 0.112 e. The highest BCUT2D eigenvalue weighted by atomic mass is 15.1. The van der Waals surface area contributed by atoms with Gasteiger partial charge < -0.3 is 10.3 Å². The van der Waals surface area contributed by atoms with E-state index in [2.05, 4.69) is 15.7 Å². The number of nitrogens with zero attached hydrogens (tertiary/aromatic N) is 2. The van der Waals surface area contributed by atoms with Gasteiger partial charge in [0.15, 0.2) is 0 Å². The lowest BCUT2D eigenvalue weighted by atomic mass is 9.51. The topological polar surface area (TPSA) is 43.8 Å². The Kier molecular flexibility index (Phi) is 2.51. The number of aromatic nitrogens is 2. The Bertz CT molecular complexity index is 409. The monoisotopic (exact) mass is 245 g/mol. The van der Waals surface area contributed by atoms with Crippen LogP contribution in [0.1, 0.15) is 43.8 Å². The predicted octanol–water partition coefficient (Wildman–Crippen LogP) is 2.38. The molecule has 4 fully saturated rings. The van der Waals surface area contributed by atoms with E-state index in [9.17, 15) is 0 Å². The van der Waals surface area contributed by atoms with E-state index < -0.39 is 0 Å². The Morgan fingerprint density at radius 3 is 2.39 bits per heavy atom. The second-order valence-corrected chi connectivity index (χ2v) is 6.72. The van der Waals surface area contributed by atoms with Gasteiger partial charge in [0.25, 0.3) is 0 Å². The van der Waals surface area contributed by atoms with Crippen LogP contribution in [0.5, 0.6) is 0 Å². The molecule has 0 atom stereocenters. The Morgan fingerprint density at radius 2 is 1.78 bits per heavy atom. The molecule has 98 valence electrons. The number of hydrogen-bond donors (Lipinski definition) is 1. The van der Waals surface area contributed by atoms with Crippen LogP contribution in [0.4, 0.5) is 0 Å². The molecule has 0 unspecified atom stereocenters. The number of imidazole rings is 1. The maximum Gasteiger partial charge on any atom is 0.112 e. The first-order chi connectivity index (χ1) is 8.85. The van der Waals surface area contributed by atoms with Crippen LogP contribution >= 0.6 is 0 Å². The summed E-state index contributed by atoms with van der Waals surface area (Å²) in [7, 11) is 0. The molecule has 1 aromatic rings. The van der Waals surface area contributed by atoms with Crippen LogP contribution in [0.15, 0.2) is 12.4 Å². The quantitative estimate of drug-likeness (QED) is 0.888.